The van der Waals surface area contributed by atoms with E-state index in [-0.39, 0.29) is 11.9 Å². The third-order valence-electron chi connectivity index (χ3n) is 12.5. The maximum Gasteiger partial charge on any atom is 0.220 e. The first kappa shape index (κ1) is 31.3. The lowest BCUT2D eigenvalue weighted by Gasteiger charge is -2.61. The zero-order valence-electron chi connectivity index (χ0n) is 26.3. The number of amides is 1. The number of rotatable bonds is 14. The second-order valence-electron chi connectivity index (χ2n) is 15.1. The Bertz CT molecular complexity index is 772. The van der Waals surface area contributed by atoms with Crippen LogP contribution in [0.1, 0.15) is 125 Å². The monoisotopic (exact) mass is 545 g/mol. The van der Waals surface area contributed by atoms with Gasteiger partial charge in [0.15, 0.2) is 0 Å². The van der Waals surface area contributed by atoms with Crippen LogP contribution in [0.2, 0.25) is 0 Å². The molecule has 0 heterocycles. The highest BCUT2D eigenvalue weighted by molar-refractivity contribution is 5.76. The summed E-state index contributed by atoms with van der Waals surface area (Å²) in [7, 11) is 0. The average molecular weight is 545 g/mol. The second-order valence-corrected chi connectivity index (χ2v) is 15.1. The van der Waals surface area contributed by atoms with Crippen molar-refractivity contribution in [3.63, 3.8) is 0 Å². The van der Waals surface area contributed by atoms with Gasteiger partial charge in [0.25, 0.3) is 0 Å². The van der Waals surface area contributed by atoms with Crippen LogP contribution in [0, 0.1) is 46.3 Å². The van der Waals surface area contributed by atoms with E-state index in [0.29, 0.717) is 23.2 Å². The van der Waals surface area contributed by atoms with E-state index in [2.05, 4.69) is 50.6 Å². The zero-order chi connectivity index (χ0) is 28.0. The predicted octanol–water partition coefficient (Wildman–Crippen LogP) is 6.26. The molecular weight excluding hydrogens is 480 g/mol. The van der Waals surface area contributed by atoms with E-state index in [1.165, 1.54) is 70.6 Å². The van der Waals surface area contributed by atoms with Crippen molar-refractivity contribution < 1.29 is 4.79 Å². The fraction of sp³-hybridized carbons (Fsp3) is 0.971. The molecule has 4 aliphatic carbocycles. The van der Waals surface area contributed by atoms with Crippen LogP contribution >= 0.6 is 0 Å². The number of nitrogens with two attached hydrogens (primary N) is 1. The Morgan fingerprint density at radius 3 is 2.38 bits per heavy atom. The molecule has 0 aromatic heterocycles. The van der Waals surface area contributed by atoms with Gasteiger partial charge in [-0.25, -0.2) is 0 Å². The number of carbonyl (C=O) groups is 1. The number of hydrogen-bond donors (Lipinski definition) is 4. The van der Waals surface area contributed by atoms with E-state index in [1.54, 1.807) is 0 Å². The third-order valence-corrected chi connectivity index (χ3v) is 12.5. The normalized spacial score (nSPS) is 38.6. The van der Waals surface area contributed by atoms with Crippen LogP contribution in [-0.2, 0) is 4.79 Å². The Labute approximate surface area is 241 Å². The third kappa shape index (κ3) is 7.23. The topological polar surface area (TPSA) is 79.2 Å². The maximum absolute atomic E-state index is 12.3. The van der Waals surface area contributed by atoms with E-state index in [9.17, 15) is 4.79 Å². The Hall–Kier alpha value is -0.650. The van der Waals surface area contributed by atoms with Crippen molar-refractivity contribution in [1.82, 2.24) is 16.0 Å². The smallest absolute Gasteiger partial charge is 0.220 e. The number of hydrogen-bond acceptors (Lipinski definition) is 4. The second kappa shape index (κ2) is 14.0. The summed E-state index contributed by atoms with van der Waals surface area (Å²) in [5, 5.41) is 10.6. The van der Waals surface area contributed by atoms with E-state index >= 15 is 0 Å². The average Bonchev–Trinajstić information content (AvgIpc) is 3.26. The first-order valence-corrected chi connectivity index (χ1v) is 17.1. The van der Waals surface area contributed by atoms with Crippen molar-refractivity contribution >= 4 is 5.91 Å². The molecule has 0 bridgehead atoms. The van der Waals surface area contributed by atoms with Gasteiger partial charge in [0.1, 0.15) is 0 Å². The van der Waals surface area contributed by atoms with E-state index in [1.807, 2.05) is 0 Å². The van der Waals surface area contributed by atoms with Crippen molar-refractivity contribution in [3.05, 3.63) is 0 Å². The quantitative estimate of drug-likeness (QED) is 0.195. The van der Waals surface area contributed by atoms with E-state index in [4.69, 9.17) is 5.73 Å². The SMILES string of the molecule is CC(C)NC(=O)CC[C@@H](C)[C@H]1CCC2C3CCC4C[C@@H](NCCCNCCCCN)CC[C@]4(C)C3CC[C@@]21C. The lowest BCUT2D eigenvalue weighted by Crippen LogP contribution is -2.55. The highest BCUT2D eigenvalue weighted by atomic mass is 16.1. The summed E-state index contributed by atoms with van der Waals surface area (Å²) in [6, 6.07) is 0.980. The first-order valence-electron chi connectivity index (χ1n) is 17.1. The molecule has 0 radical (unpaired) electrons. The van der Waals surface area contributed by atoms with Gasteiger partial charge < -0.3 is 21.7 Å². The van der Waals surface area contributed by atoms with Gasteiger partial charge in [0, 0.05) is 18.5 Å². The molecule has 4 unspecified atom stereocenters. The standard InChI is InChI=1S/C34H64N4O/c1-24(2)38-32(39)14-9-25(3)29-12-13-30-28-11-10-26-23-27(37-22-8-21-36-20-7-6-19-35)15-17-33(26,4)31(28)16-18-34(29,30)5/h24-31,36-37H,6-23,35H2,1-5H3,(H,38,39)/t25-,26?,27+,28?,29-,30?,31?,33+,34-/m1/s1. The van der Waals surface area contributed by atoms with E-state index in [0.717, 1.165) is 74.7 Å². The van der Waals surface area contributed by atoms with Crippen molar-refractivity contribution in [2.75, 3.05) is 26.2 Å². The summed E-state index contributed by atoms with van der Waals surface area (Å²) >= 11 is 0. The van der Waals surface area contributed by atoms with Crippen LogP contribution in [0.15, 0.2) is 0 Å². The molecule has 226 valence electrons. The van der Waals surface area contributed by atoms with Gasteiger partial charge in [-0.3, -0.25) is 4.79 Å². The largest absolute Gasteiger partial charge is 0.354 e. The van der Waals surface area contributed by atoms with Gasteiger partial charge in [-0.2, -0.15) is 0 Å². The summed E-state index contributed by atoms with van der Waals surface area (Å²) in [4.78, 5) is 12.3. The van der Waals surface area contributed by atoms with Gasteiger partial charge in [-0.1, -0.05) is 20.8 Å². The number of fused-ring (bicyclic) bond motifs is 5. The van der Waals surface area contributed by atoms with Crippen LogP contribution in [-0.4, -0.2) is 44.2 Å². The van der Waals surface area contributed by atoms with Crippen LogP contribution in [0.3, 0.4) is 0 Å². The first-order chi connectivity index (χ1) is 18.7. The fourth-order valence-electron chi connectivity index (χ4n) is 10.4. The van der Waals surface area contributed by atoms with E-state index < -0.39 is 0 Å². The molecular formula is C34H64N4O. The molecule has 5 N–H and O–H groups in total. The molecule has 39 heavy (non-hydrogen) atoms. The number of carbonyl (C=O) groups excluding carboxylic acids is 1. The molecule has 0 aliphatic heterocycles. The molecule has 0 spiro atoms. The number of nitrogens with one attached hydrogen (secondary N) is 3. The Kier molecular flexibility index (Phi) is 11.2. The molecule has 4 rings (SSSR count). The van der Waals surface area contributed by atoms with Crippen molar-refractivity contribution in [2.45, 2.75) is 137 Å². The summed E-state index contributed by atoms with van der Waals surface area (Å²) in [5.41, 5.74) is 6.65. The van der Waals surface area contributed by atoms with Crippen molar-refractivity contribution in [3.8, 4) is 0 Å². The molecule has 0 aromatic carbocycles. The molecule has 4 fully saturated rings. The summed E-state index contributed by atoms with van der Waals surface area (Å²) in [5.74, 6) is 5.42. The summed E-state index contributed by atoms with van der Waals surface area (Å²) < 4.78 is 0. The highest BCUT2D eigenvalue weighted by Crippen LogP contribution is 2.68. The lowest BCUT2D eigenvalue weighted by molar-refractivity contribution is -0.123. The molecule has 0 saturated heterocycles. The van der Waals surface area contributed by atoms with Crippen LogP contribution < -0.4 is 21.7 Å². The Morgan fingerprint density at radius 1 is 0.872 bits per heavy atom. The minimum Gasteiger partial charge on any atom is -0.354 e. The molecule has 4 aliphatic rings. The highest BCUT2D eigenvalue weighted by Gasteiger charge is 2.60. The molecule has 5 heteroatoms. The molecule has 0 aromatic rings. The van der Waals surface area contributed by atoms with Crippen LogP contribution in [0.25, 0.3) is 0 Å². The van der Waals surface area contributed by atoms with Crippen LogP contribution in [0.4, 0.5) is 0 Å². The van der Waals surface area contributed by atoms with Gasteiger partial charge >= 0.3 is 0 Å². The van der Waals surface area contributed by atoms with Gasteiger partial charge in [0.2, 0.25) is 5.91 Å². The van der Waals surface area contributed by atoms with Gasteiger partial charge in [0.05, 0.1) is 0 Å². The van der Waals surface area contributed by atoms with Crippen molar-refractivity contribution in [1.29, 1.82) is 0 Å². The van der Waals surface area contributed by atoms with Crippen LogP contribution in [0.5, 0.6) is 0 Å². The molecule has 9 atom stereocenters. The summed E-state index contributed by atoms with van der Waals surface area (Å²) in [6.07, 6.45) is 18.2. The Balaban J connectivity index is 1.26. The Morgan fingerprint density at radius 2 is 1.62 bits per heavy atom. The summed E-state index contributed by atoms with van der Waals surface area (Å²) in [6.45, 7) is 16.2. The lowest BCUT2D eigenvalue weighted by atomic mass is 9.44. The maximum atomic E-state index is 12.3. The minimum atomic E-state index is 0.242. The molecule has 1 amide bonds. The molecule has 4 saturated carbocycles. The minimum absolute atomic E-state index is 0.242. The fourth-order valence-corrected chi connectivity index (χ4v) is 10.4. The zero-order valence-corrected chi connectivity index (χ0v) is 26.3. The molecule has 5 nitrogen and oxygen atoms in total. The van der Waals surface area contributed by atoms with Crippen molar-refractivity contribution in [2.24, 2.45) is 52.1 Å². The van der Waals surface area contributed by atoms with Gasteiger partial charge in [-0.15, -0.1) is 0 Å². The predicted molar refractivity (Wildman–Crippen MR) is 164 cm³/mol. The number of unbranched alkanes of at least 4 members (excludes halogenated alkanes) is 1. The van der Waals surface area contributed by atoms with Gasteiger partial charge in [-0.05, 0) is 170 Å².